The predicted octanol–water partition coefficient (Wildman–Crippen LogP) is 8.14. The molecule has 0 spiro atoms. The van der Waals surface area contributed by atoms with E-state index in [2.05, 4.69) is 0 Å². The van der Waals surface area contributed by atoms with Crippen LogP contribution in [0.1, 0.15) is 126 Å². The lowest BCUT2D eigenvalue weighted by Gasteiger charge is -2.41. The monoisotopic (exact) mass is 918 g/mol. The lowest BCUT2D eigenvalue weighted by atomic mass is 9.78. The van der Waals surface area contributed by atoms with E-state index in [1.165, 1.54) is 34.1 Å². The molecule has 2 saturated heterocycles. The quantitative estimate of drug-likeness (QED) is 0.156. The number of nitrogens with zero attached hydrogens (tertiary/aromatic N) is 1. The fourth-order valence-electron chi connectivity index (χ4n) is 10.1. The van der Waals surface area contributed by atoms with E-state index >= 15 is 8.78 Å². The third-order valence-corrected chi connectivity index (χ3v) is 14.4. The largest absolute Gasteiger partial charge is 0.460 e. The molecule has 3 heterocycles. The first-order valence-corrected chi connectivity index (χ1v) is 23.8. The number of ketones is 3. The summed E-state index contributed by atoms with van der Waals surface area (Å²) >= 11 is 0. The van der Waals surface area contributed by atoms with Gasteiger partial charge in [-0.3, -0.25) is 19.2 Å². The van der Waals surface area contributed by atoms with Crippen molar-refractivity contribution in [1.82, 2.24) is 4.90 Å². The number of aliphatic hydroxyl groups excluding tert-OH is 1. The number of esters is 1. The average molecular weight is 918 g/mol. The van der Waals surface area contributed by atoms with Crippen LogP contribution in [0.15, 0.2) is 47.6 Å². The maximum atomic E-state index is 17.0. The van der Waals surface area contributed by atoms with Crippen LogP contribution < -0.4 is 0 Å². The van der Waals surface area contributed by atoms with Crippen molar-refractivity contribution in [3.8, 4) is 0 Å². The molecule has 4 rings (SSSR count). The second kappa shape index (κ2) is 25.1. The highest BCUT2D eigenvalue weighted by atomic mass is 19.2. The zero-order chi connectivity index (χ0) is 48.2. The summed E-state index contributed by atoms with van der Waals surface area (Å²) in [6.07, 6.45) is 9.11. The molecule has 1 amide bonds. The highest BCUT2D eigenvalue weighted by Crippen LogP contribution is 2.40. The Morgan fingerprint density at radius 1 is 0.877 bits per heavy atom. The van der Waals surface area contributed by atoms with E-state index < -0.39 is 84.0 Å². The van der Waals surface area contributed by atoms with Gasteiger partial charge in [0.05, 0.1) is 24.4 Å². The number of allylic oxidation sites excluding steroid dienone is 6. The minimum Gasteiger partial charge on any atom is -0.460 e. The molecule has 12 nitrogen and oxygen atoms in total. The fourth-order valence-corrected chi connectivity index (χ4v) is 10.1. The molecule has 366 valence electrons. The number of aliphatic hydroxyl groups is 1. The molecule has 3 aliphatic heterocycles. The van der Waals surface area contributed by atoms with E-state index in [1.807, 2.05) is 51.2 Å². The number of halogens is 2. The Kier molecular flexibility index (Phi) is 20.9. The fraction of sp³-hybridized carbons (Fsp3) is 0.745. The topological polar surface area (TPSA) is 155 Å². The average Bonchev–Trinajstić information content (AvgIpc) is 3.28. The third kappa shape index (κ3) is 14.3. The molecule has 1 saturated carbocycles. The van der Waals surface area contributed by atoms with Crippen LogP contribution in [0.5, 0.6) is 0 Å². The van der Waals surface area contributed by atoms with E-state index in [1.54, 1.807) is 21.0 Å². The molecule has 15 unspecified atom stereocenters. The van der Waals surface area contributed by atoms with E-state index in [-0.39, 0.29) is 73.2 Å². The molecular weight excluding hydrogens is 841 g/mol. The van der Waals surface area contributed by atoms with Crippen molar-refractivity contribution >= 4 is 29.2 Å². The van der Waals surface area contributed by atoms with Gasteiger partial charge in [0.1, 0.15) is 17.9 Å². The summed E-state index contributed by atoms with van der Waals surface area (Å²) < 4.78 is 62.1. The van der Waals surface area contributed by atoms with E-state index in [4.69, 9.17) is 23.7 Å². The molecule has 4 aliphatic rings. The standard InChI is InChI=1S/C51H77F2NO11/c1-30-16-12-11-13-17-31(2)42(61-8)28-38-21-19-36(7)51(53,65-38)48(58)49(59)54-23-15-14-18-39(54)50(60)64-43(33(4)26-37-20-22-40(55)44(27-37)62-9)29-41(56)32(3)25-34(5)45(52)47(63-10)46(57)35(6)24-30/h11-13,16-17,25,30,32-33,35-40,42-45,47,55H,14-15,18-24,26-29H2,1-10H3/b13-11?,16-12+,31-17?,34-25+. The van der Waals surface area contributed by atoms with Crippen LogP contribution in [-0.4, -0.2) is 122 Å². The molecule has 0 aromatic rings. The molecule has 3 fully saturated rings. The molecule has 1 N–H and O–H groups in total. The summed E-state index contributed by atoms with van der Waals surface area (Å²) in [6, 6.07) is -1.21. The number of carbonyl (C=O) groups excluding carboxylic acids is 5. The lowest BCUT2D eigenvalue weighted by molar-refractivity contribution is -0.231. The molecule has 0 aromatic heterocycles. The maximum Gasteiger partial charge on any atom is 0.329 e. The highest BCUT2D eigenvalue weighted by Gasteiger charge is 2.55. The molecule has 1 aliphatic carbocycles. The number of carbonyl (C=O) groups is 5. The number of ether oxygens (including phenoxy) is 5. The number of amides is 1. The Bertz CT molecular complexity index is 1760. The van der Waals surface area contributed by atoms with Crippen LogP contribution in [0.3, 0.4) is 0 Å². The van der Waals surface area contributed by atoms with Crippen molar-refractivity contribution in [2.24, 2.45) is 35.5 Å². The van der Waals surface area contributed by atoms with Gasteiger partial charge in [0.25, 0.3) is 17.5 Å². The normalized spacial score (nSPS) is 39.1. The number of hydrogen-bond donors (Lipinski definition) is 1. The number of cyclic esters (lactones) is 1. The first-order valence-electron chi connectivity index (χ1n) is 23.8. The Labute approximate surface area is 385 Å². The second-order valence-electron chi connectivity index (χ2n) is 19.5. The molecule has 15 atom stereocenters. The Balaban J connectivity index is 1.70. The van der Waals surface area contributed by atoms with Gasteiger partial charge in [0.15, 0.2) is 18.1 Å². The number of methoxy groups -OCH3 is 3. The zero-order valence-corrected chi connectivity index (χ0v) is 40.5. The molecular formula is C51H77F2NO11. The summed E-state index contributed by atoms with van der Waals surface area (Å²) in [6.45, 7) is 12.2. The van der Waals surface area contributed by atoms with Crippen LogP contribution in [0.2, 0.25) is 0 Å². The minimum atomic E-state index is -2.94. The number of hydrogen-bond acceptors (Lipinski definition) is 11. The van der Waals surface area contributed by atoms with Gasteiger partial charge in [-0.15, -0.1) is 0 Å². The first-order chi connectivity index (χ1) is 30.7. The molecule has 14 heteroatoms. The third-order valence-electron chi connectivity index (χ3n) is 14.4. The summed E-state index contributed by atoms with van der Waals surface area (Å²) in [5, 5.41) is 10.5. The lowest BCUT2D eigenvalue weighted by Crippen LogP contribution is -2.59. The predicted molar refractivity (Wildman–Crippen MR) is 243 cm³/mol. The van der Waals surface area contributed by atoms with Crippen molar-refractivity contribution in [3.63, 3.8) is 0 Å². The van der Waals surface area contributed by atoms with Crippen molar-refractivity contribution in [2.45, 2.75) is 180 Å². The summed E-state index contributed by atoms with van der Waals surface area (Å²) in [5.74, 6) is -9.64. The van der Waals surface area contributed by atoms with Gasteiger partial charge in [0, 0.05) is 58.5 Å². The summed E-state index contributed by atoms with van der Waals surface area (Å²) in [7, 11) is 4.38. The van der Waals surface area contributed by atoms with Gasteiger partial charge < -0.3 is 33.7 Å². The van der Waals surface area contributed by atoms with Crippen molar-refractivity contribution in [3.05, 3.63) is 47.6 Å². The van der Waals surface area contributed by atoms with E-state index in [9.17, 15) is 29.1 Å². The summed E-state index contributed by atoms with van der Waals surface area (Å²) in [4.78, 5) is 71.3. The summed E-state index contributed by atoms with van der Waals surface area (Å²) in [5.41, 5.74) is 0.981. The molecule has 65 heavy (non-hydrogen) atoms. The highest BCUT2D eigenvalue weighted by molar-refractivity contribution is 6.39. The minimum absolute atomic E-state index is 0.0206. The van der Waals surface area contributed by atoms with Gasteiger partial charge in [-0.2, -0.15) is 0 Å². The van der Waals surface area contributed by atoms with Crippen molar-refractivity contribution in [2.75, 3.05) is 27.9 Å². The smallest absolute Gasteiger partial charge is 0.329 e. The number of alkyl halides is 2. The SMILES string of the molecule is COC1CC2CCC(C)C(F)(O2)C(=O)C(=O)N2CCCCC2C(=O)OC(C(C)CC2CCC(O)C(OC)C2)CC(=O)C(C)/C=C(\C)C(F)C(OC)C(=O)C(C)CC(C)/C=C/C=CC=C1C. The molecule has 0 aromatic carbocycles. The van der Waals surface area contributed by atoms with Crippen LogP contribution >= 0.6 is 0 Å². The van der Waals surface area contributed by atoms with Crippen LogP contribution in [0.25, 0.3) is 0 Å². The van der Waals surface area contributed by atoms with Gasteiger partial charge in [-0.1, -0.05) is 71.1 Å². The Hall–Kier alpha value is -3.43. The van der Waals surface area contributed by atoms with Crippen LogP contribution in [0.4, 0.5) is 8.78 Å². The first kappa shape index (κ1) is 54.2. The van der Waals surface area contributed by atoms with E-state index in [0.717, 1.165) is 10.5 Å². The second-order valence-corrected chi connectivity index (χ2v) is 19.5. The Morgan fingerprint density at radius 3 is 2.28 bits per heavy atom. The Morgan fingerprint density at radius 2 is 1.60 bits per heavy atom. The van der Waals surface area contributed by atoms with Gasteiger partial charge >= 0.3 is 5.97 Å². The number of fused-ring (bicyclic) bond motifs is 3. The molecule has 2 bridgehead atoms. The van der Waals surface area contributed by atoms with Crippen LogP contribution in [-0.2, 0) is 47.7 Å². The van der Waals surface area contributed by atoms with Gasteiger partial charge in [-0.05, 0) is 107 Å². The number of Topliss-reactive ketones (excluding diaryl/α,β-unsaturated/α-hetero) is 3. The van der Waals surface area contributed by atoms with E-state index in [0.29, 0.717) is 51.4 Å². The number of piperidine rings is 1. The van der Waals surface area contributed by atoms with Gasteiger partial charge in [0.2, 0.25) is 0 Å². The molecule has 0 radical (unpaired) electrons. The van der Waals surface area contributed by atoms with Crippen molar-refractivity contribution < 1.29 is 61.5 Å². The van der Waals surface area contributed by atoms with Gasteiger partial charge in [-0.25, -0.2) is 13.6 Å². The maximum absolute atomic E-state index is 17.0. The van der Waals surface area contributed by atoms with Crippen LogP contribution in [0, 0.1) is 35.5 Å². The van der Waals surface area contributed by atoms with Crippen molar-refractivity contribution in [1.29, 1.82) is 0 Å². The number of rotatable bonds is 6. The zero-order valence-electron chi connectivity index (χ0n) is 40.5.